The van der Waals surface area contributed by atoms with E-state index in [-0.39, 0.29) is 12.0 Å². The van der Waals surface area contributed by atoms with E-state index < -0.39 is 0 Å². The maximum absolute atomic E-state index is 8.79. The molecule has 0 aromatic carbocycles. The second-order valence-electron chi connectivity index (χ2n) is 4.17. The number of methoxy groups -OCH3 is 1. The van der Waals surface area contributed by atoms with Gasteiger partial charge in [0.25, 0.3) is 0 Å². The van der Waals surface area contributed by atoms with Gasteiger partial charge in [0.2, 0.25) is 11.9 Å². The van der Waals surface area contributed by atoms with Gasteiger partial charge in [-0.25, -0.2) is 0 Å². The summed E-state index contributed by atoms with van der Waals surface area (Å²) in [6.45, 7) is 0.986. The number of nitrogen functional groups attached to an aromatic ring is 1. The first kappa shape index (κ1) is 14.5. The second kappa shape index (κ2) is 7.00. The quantitative estimate of drug-likeness (QED) is 0.828. The molecule has 0 aliphatic rings. The normalized spacial score (nSPS) is 9.90. The van der Waals surface area contributed by atoms with Crippen molar-refractivity contribution < 1.29 is 4.74 Å². The summed E-state index contributed by atoms with van der Waals surface area (Å²) >= 11 is 0. The molecule has 8 heteroatoms. The number of aromatic nitrogens is 4. The van der Waals surface area contributed by atoms with E-state index in [2.05, 4.69) is 26.0 Å². The summed E-state index contributed by atoms with van der Waals surface area (Å²) in [5, 5.41) is 8.79. The van der Waals surface area contributed by atoms with Crippen LogP contribution in [0.1, 0.15) is 12.0 Å². The molecule has 2 aromatic heterocycles. The van der Waals surface area contributed by atoms with Gasteiger partial charge in [-0.05, 0) is 11.6 Å². The minimum Gasteiger partial charge on any atom is -0.467 e. The van der Waals surface area contributed by atoms with E-state index in [1.807, 2.05) is 17.0 Å². The standard InChI is InChI=1S/C13H15N7O/c1-21-13-18-11(15)17-12(19-13)20(7-3-5-14)9-10-4-2-6-16-8-10/h2,4,6,8H,3,7,9H2,1H3,(H2,15,17,18,19). The number of hydrogen-bond acceptors (Lipinski definition) is 8. The monoisotopic (exact) mass is 285 g/mol. The topological polar surface area (TPSA) is 114 Å². The first-order valence-electron chi connectivity index (χ1n) is 6.29. The molecule has 0 atom stereocenters. The molecule has 21 heavy (non-hydrogen) atoms. The highest BCUT2D eigenvalue weighted by atomic mass is 16.5. The predicted octanol–water partition coefficient (Wildman–Crippen LogP) is 0.778. The zero-order valence-electron chi connectivity index (χ0n) is 11.6. The molecule has 2 N–H and O–H groups in total. The van der Waals surface area contributed by atoms with Crippen LogP contribution in [0.25, 0.3) is 0 Å². The van der Waals surface area contributed by atoms with E-state index in [0.29, 0.717) is 25.5 Å². The third-order valence-electron chi connectivity index (χ3n) is 2.68. The van der Waals surface area contributed by atoms with Gasteiger partial charge in [-0.1, -0.05) is 6.07 Å². The van der Waals surface area contributed by atoms with Gasteiger partial charge in [-0.3, -0.25) is 4.98 Å². The van der Waals surface area contributed by atoms with Gasteiger partial charge in [0.15, 0.2) is 0 Å². The van der Waals surface area contributed by atoms with Gasteiger partial charge in [-0.2, -0.15) is 20.2 Å². The lowest BCUT2D eigenvalue weighted by atomic mass is 10.2. The van der Waals surface area contributed by atoms with Gasteiger partial charge in [-0.15, -0.1) is 0 Å². The lowest BCUT2D eigenvalue weighted by Crippen LogP contribution is -2.26. The third kappa shape index (κ3) is 4.01. The van der Waals surface area contributed by atoms with Crippen LogP contribution < -0.4 is 15.4 Å². The average molecular weight is 285 g/mol. The smallest absolute Gasteiger partial charge is 0.322 e. The Hall–Kier alpha value is -2.95. The number of nitrogens with zero attached hydrogens (tertiary/aromatic N) is 6. The van der Waals surface area contributed by atoms with Crippen LogP contribution in [0.5, 0.6) is 6.01 Å². The zero-order chi connectivity index (χ0) is 15.1. The van der Waals surface area contributed by atoms with E-state index >= 15 is 0 Å². The molecule has 0 saturated heterocycles. The maximum atomic E-state index is 8.79. The van der Waals surface area contributed by atoms with Crippen LogP contribution in [0.3, 0.4) is 0 Å². The lowest BCUT2D eigenvalue weighted by molar-refractivity contribution is 0.379. The fourth-order valence-corrected chi connectivity index (χ4v) is 1.74. The predicted molar refractivity (Wildman–Crippen MR) is 76.3 cm³/mol. The Morgan fingerprint density at radius 3 is 2.90 bits per heavy atom. The van der Waals surface area contributed by atoms with Crippen molar-refractivity contribution in [2.24, 2.45) is 0 Å². The Bertz CT molecular complexity index is 626. The SMILES string of the molecule is COc1nc(N)nc(N(CCC#N)Cc2cccnc2)n1. The van der Waals surface area contributed by atoms with E-state index in [1.54, 1.807) is 12.4 Å². The Labute approximate surface area is 122 Å². The molecule has 0 bridgehead atoms. The van der Waals surface area contributed by atoms with E-state index in [0.717, 1.165) is 5.56 Å². The van der Waals surface area contributed by atoms with Gasteiger partial charge in [0.1, 0.15) is 0 Å². The van der Waals surface area contributed by atoms with Crippen molar-refractivity contribution in [3.05, 3.63) is 30.1 Å². The van der Waals surface area contributed by atoms with Crippen molar-refractivity contribution in [3.8, 4) is 12.1 Å². The number of nitriles is 1. The number of ether oxygens (including phenoxy) is 1. The van der Waals surface area contributed by atoms with Crippen molar-refractivity contribution in [1.29, 1.82) is 5.26 Å². The van der Waals surface area contributed by atoms with Crippen molar-refractivity contribution in [2.45, 2.75) is 13.0 Å². The molecule has 0 spiro atoms. The summed E-state index contributed by atoms with van der Waals surface area (Å²) in [5.41, 5.74) is 6.63. The van der Waals surface area contributed by atoms with Crippen LogP contribution in [-0.2, 0) is 6.54 Å². The van der Waals surface area contributed by atoms with Gasteiger partial charge in [0, 0.05) is 25.5 Å². The average Bonchev–Trinajstić information content (AvgIpc) is 2.51. The molecule has 2 rings (SSSR count). The fourth-order valence-electron chi connectivity index (χ4n) is 1.74. The maximum Gasteiger partial charge on any atom is 0.322 e. The summed E-state index contributed by atoms with van der Waals surface area (Å²) < 4.78 is 4.99. The Morgan fingerprint density at radius 1 is 1.38 bits per heavy atom. The minimum atomic E-state index is 0.0741. The first-order valence-corrected chi connectivity index (χ1v) is 6.29. The number of rotatable bonds is 6. The number of nitrogens with two attached hydrogens (primary N) is 1. The Kier molecular flexibility index (Phi) is 4.82. The molecule has 0 saturated carbocycles. The number of hydrogen-bond donors (Lipinski definition) is 1. The van der Waals surface area contributed by atoms with Gasteiger partial charge >= 0.3 is 6.01 Å². The molecular formula is C13H15N7O. The molecule has 108 valence electrons. The minimum absolute atomic E-state index is 0.0741. The highest BCUT2D eigenvalue weighted by Crippen LogP contribution is 2.16. The summed E-state index contributed by atoms with van der Waals surface area (Å²) in [6, 6.07) is 6.04. The number of anilines is 2. The highest BCUT2D eigenvalue weighted by molar-refractivity contribution is 5.37. The Morgan fingerprint density at radius 2 is 2.24 bits per heavy atom. The summed E-state index contributed by atoms with van der Waals surface area (Å²) in [7, 11) is 1.46. The highest BCUT2D eigenvalue weighted by Gasteiger charge is 2.13. The lowest BCUT2D eigenvalue weighted by Gasteiger charge is -2.21. The third-order valence-corrected chi connectivity index (χ3v) is 2.68. The van der Waals surface area contributed by atoms with Crippen molar-refractivity contribution in [3.63, 3.8) is 0 Å². The largest absolute Gasteiger partial charge is 0.467 e. The van der Waals surface area contributed by atoms with Crippen LogP contribution in [0.2, 0.25) is 0 Å². The molecule has 2 heterocycles. The summed E-state index contributed by atoms with van der Waals surface area (Å²) in [4.78, 5) is 18.0. The van der Waals surface area contributed by atoms with Crippen molar-refractivity contribution in [2.75, 3.05) is 24.3 Å². The molecule has 0 unspecified atom stereocenters. The molecule has 0 aliphatic heterocycles. The molecule has 2 aromatic rings. The van der Waals surface area contributed by atoms with E-state index in [9.17, 15) is 0 Å². The van der Waals surface area contributed by atoms with E-state index in [4.69, 9.17) is 15.7 Å². The molecule has 8 nitrogen and oxygen atoms in total. The van der Waals surface area contributed by atoms with Crippen LogP contribution in [0.15, 0.2) is 24.5 Å². The van der Waals surface area contributed by atoms with Crippen LogP contribution in [0, 0.1) is 11.3 Å². The fraction of sp³-hybridized carbons (Fsp3) is 0.308. The second-order valence-corrected chi connectivity index (χ2v) is 4.17. The van der Waals surface area contributed by atoms with Crippen LogP contribution >= 0.6 is 0 Å². The molecule has 0 aliphatic carbocycles. The summed E-state index contributed by atoms with van der Waals surface area (Å²) in [6.07, 6.45) is 3.79. The Balaban J connectivity index is 2.27. The molecule has 0 fully saturated rings. The summed E-state index contributed by atoms with van der Waals surface area (Å²) in [5.74, 6) is 0.448. The molecule has 0 radical (unpaired) electrons. The van der Waals surface area contributed by atoms with Crippen molar-refractivity contribution in [1.82, 2.24) is 19.9 Å². The number of pyridine rings is 1. The van der Waals surface area contributed by atoms with Gasteiger partial charge < -0.3 is 15.4 Å². The molecular weight excluding hydrogens is 270 g/mol. The van der Waals surface area contributed by atoms with Crippen LogP contribution in [0.4, 0.5) is 11.9 Å². The molecule has 0 amide bonds. The zero-order valence-corrected chi connectivity index (χ0v) is 11.6. The van der Waals surface area contributed by atoms with Gasteiger partial charge in [0.05, 0.1) is 19.6 Å². The first-order chi connectivity index (χ1) is 10.2. The van der Waals surface area contributed by atoms with Crippen LogP contribution in [-0.4, -0.2) is 33.6 Å². The van der Waals surface area contributed by atoms with E-state index in [1.165, 1.54) is 7.11 Å². The van der Waals surface area contributed by atoms with Crippen molar-refractivity contribution >= 4 is 11.9 Å².